The van der Waals surface area contributed by atoms with Crippen molar-refractivity contribution in [2.75, 3.05) is 20.1 Å². The van der Waals surface area contributed by atoms with Crippen LogP contribution in [0, 0.1) is 0 Å². The normalized spacial score (nSPS) is 18.7. The third-order valence-corrected chi connectivity index (χ3v) is 5.92. The molecule has 8 nitrogen and oxygen atoms in total. The topological polar surface area (TPSA) is 94.9 Å². The standard InChI is InChI=1S/C24H28N4O4/c1-24(2,3)16-9-7-15(8-10-16)21-20-18(27(4)23(31)26-21)13-28(22(20)30)14-19(29)25-12-17-6-5-11-32-17/h5-11,21H,12-14H2,1-4H3,(H,25,29)(H,26,31)/t21-/m0/s1. The van der Waals surface area contributed by atoms with Crippen LogP contribution in [0.4, 0.5) is 4.79 Å². The van der Waals surface area contributed by atoms with Crippen LogP contribution in [0.1, 0.15) is 43.7 Å². The summed E-state index contributed by atoms with van der Waals surface area (Å²) >= 11 is 0. The minimum Gasteiger partial charge on any atom is -0.467 e. The molecule has 2 aliphatic rings. The van der Waals surface area contributed by atoms with Gasteiger partial charge in [0.1, 0.15) is 12.3 Å². The van der Waals surface area contributed by atoms with Crippen molar-refractivity contribution in [2.24, 2.45) is 0 Å². The first-order valence-corrected chi connectivity index (χ1v) is 10.6. The first kappa shape index (κ1) is 21.7. The molecule has 32 heavy (non-hydrogen) atoms. The van der Waals surface area contributed by atoms with Gasteiger partial charge in [0, 0.05) is 7.05 Å². The van der Waals surface area contributed by atoms with Crippen molar-refractivity contribution < 1.29 is 18.8 Å². The third-order valence-electron chi connectivity index (χ3n) is 5.92. The predicted octanol–water partition coefficient (Wildman–Crippen LogP) is 2.69. The fourth-order valence-corrected chi connectivity index (χ4v) is 4.00. The Labute approximate surface area is 187 Å². The second-order valence-corrected chi connectivity index (χ2v) is 9.19. The van der Waals surface area contributed by atoms with Gasteiger partial charge in [-0.05, 0) is 28.7 Å². The van der Waals surface area contributed by atoms with Gasteiger partial charge in [0.25, 0.3) is 5.91 Å². The smallest absolute Gasteiger partial charge is 0.322 e. The zero-order valence-electron chi connectivity index (χ0n) is 18.8. The van der Waals surface area contributed by atoms with Crippen LogP contribution in [-0.2, 0) is 21.5 Å². The van der Waals surface area contributed by atoms with Crippen LogP contribution < -0.4 is 10.6 Å². The summed E-state index contributed by atoms with van der Waals surface area (Å²) in [7, 11) is 1.64. The molecule has 0 radical (unpaired) electrons. The highest BCUT2D eigenvalue weighted by molar-refractivity contribution is 6.02. The van der Waals surface area contributed by atoms with E-state index in [-0.39, 0.29) is 42.9 Å². The molecule has 1 aromatic heterocycles. The predicted molar refractivity (Wildman–Crippen MR) is 118 cm³/mol. The van der Waals surface area contributed by atoms with E-state index in [9.17, 15) is 14.4 Å². The second kappa shape index (κ2) is 8.18. The maximum atomic E-state index is 13.3. The summed E-state index contributed by atoms with van der Waals surface area (Å²) in [5.74, 6) is 0.101. The van der Waals surface area contributed by atoms with Gasteiger partial charge in [-0.1, -0.05) is 45.0 Å². The summed E-state index contributed by atoms with van der Waals surface area (Å²) in [6, 6.07) is 10.7. The van der Waals surface area contributed by atoms with Crippen molar-refractivity contribution in [3.05, 3.63) is 70.8 Å². The average Bonchev–Trinajstić information content (AvgIpc) is 3.38. The van der Waals surface area contributed by atoms with E-state index in [0.29, 0.717) is 17.0 Å². The molecule has 4 amide bonds. The maximum Gasteiger partial charge on any atom is 0.322 e. The number of urea groups is 1. The molecule has 3 heterocycles. The lowest BCUT2D eigenvalue weighted by molar-refractivity contribution is -0.132. The van der Waals surface area contributed by atoms with Crippen LogP contribution in [0.5, 0.6) is 0 Å². The second-order valence-electron chi connectivity index (χ2n) is 9.19. The van der Waals surface area contributed by atoms with Crippen molar-refractivity contribution in [1.29, 1.82) is 0 Å². The number of amides is 4. The molecule has 8 heteroatoms. The van der Waals surface area contributed by atoms with Gasteiger partial charge in [0.15, 0.2) is 0 Å². The number of carbonyl (C=O) groups is 3. The zero-order chi connectivity index (χ0) is 23.0. The summed E-state index contributed by atoms with van der Waals surface area (Å²) in [5, 5.41) is 5.68. The molecule has 0 unspecified atom stereocenters. The van der Waals surface area contributed by atoms with Gasteiger partial charge in [-0.3, -0.25) is 14.5 Å². The molecular formula is C24H28N4O4. The van der Waals surface area contributed by atoms with Gasteiger partial charge in [0.05, 0.1) is 36.7 Å². The monoisotopic (exact) mass is 436 g/mol. The van der Waals surface area contributed by atoms with E-state index in [2.05, 4.69) is 31.4 Å². The van der Waals surface area contributed by atoms with Crippen LogP contribution in [0.2, 0.25) is 0 Å². The van der Waals surface area contributed by atoms with Gasteiger partial charge in [-0.25, -0.2) is 4.79 Å². The molecule has 2 aliphatic heterocycles. The Morgan fingerprint density at radius 2 is 1.91 bits per heavy atom. The van der Waals surface area contributed by atoms with E-state index < -0.39 is 6.04 Å². The van der Waals surface area contributed by atoms with E-state index in [1.54, 1.807) is 19.2 Å². The van der Waals surface area contributed by atoms with E-state index in [1.807, 2.05) is 24.3 Å². The van der Waals surface area contributed by atoms with Crippen LogP contribution in [0.25, 0.3) is 0 Å². The lowest BCUT2D eigenvalue weighted by Gasteiger charge is -2.31. The highest BCUT2D eigenvalue weighted by atomic mass is 16.3. The number of hydrogen-bond donors (Lipinski definition) is 2. The molecule has 2 aromatic rings. The number of rotatable bonds is 5. The Hall–Kier alpha value is -3.55. The number of furan rings is 1. The first-order chi connectivity index (χ1) is 15.1. The molecular weight excluding hydrogens is 408 g/mol. The molecule has 4 rings (SSSR count). The van der Waals surface area contributed by atoms with Crippen LogP contribution in [0.15, 0.2) is 58.3 Å². The fourth-order valence-electron chi connectivity index (χ4n) is 4.00. The van der Waals surface area contributed by atoms with Crippen molar-refractivity contribution in [1.82, 2.24) is 20.4 Å². The number of nitrogens with one attached hydrogen (secondary N) is 2. The maximum absolute atomic E-state index is 13.3. The van der Waals surface area contributed by atoms with E-state index in [1.165, 1.54) is 21.6 Å². The summed E-state index contributed by atoms with van der Waals surface area (Å²) in [4.78, 5) is 41.2. The first-order valence-electron chi connectivity index (χ1n) is 10.6. The molecule has 2 N–H and O–H groups in total. The summed E-state index contributed by atoms with van der Waals surface area (Å²) in [6.45, 7) is 6.77. The van der Waals surface area contributed by atoms with E-state index >= 15 is 0 Å². The van der Waals surface area contributed by atoms with Gasteiger partial charge >= 0.3 is 6.03 Å². The highest BCUT2D eigenvalue weighted by Gasteiger charge is 2.43. The molecule has 0 fully saturated rings. The Morgan fingerprint density at radius 3 is 2.53 bits per heavy atom. The van der Waals surface area contributed by atoms with Crippen molar-refractivity contribution in [2.45, 2.75) is 38.8 Å². The molecule has 0 saturated heterocycles. The minimum atomic E-state index is -0.550. The van der Waals surface area contributed by atoms with Crippen molar-refractivity contribution in [3.8, 4) is 0 Å². The third kappa shape index (κ3) is 4.12. The minimum absolute atomic E-state index is 0.00196. The number of hydrogen-bond acceptors (Lipinski definition) is 4. The average molecular weight is 437 g/mol. The molecule has 1 aromatic carbocycles. The molecule has 0 bridgehead atoms. The Kier molecular flexibility index (Phi) is 5.54. The van der Waals surface area contributed by atoms with Gasteiger partial charge in [-0.2, -0.15) is 0 Å². The molecule has 0 saturated carbocycles. The quantitative estimate of drug-likeness (QED) is 0.753. The Morgan fingerprint density at radius 1 is 1.19 bits per heavy atom. The van der Waals surface area contributed by atoms with Crippen LogP contribution >= 0.6 is 0 Å². The van der Waals surface area contributed by atoms with E-state index in [4.69, 9.17) is 4.42 Å². The van der Waals surface area contributed by atoms with Gasteiger partial charge < -0.3 is 20.0 Å². The largest absolute Gasteiger partial charge is 0.467 e. The van der Waals surface area contributed by atoms with Crippen LogP contribution in [-0.4, -0.2) is 47.8 Å². The molecule has 0 spiro atoms. The van der Waals surface area contributed by atoms with Gasteiger partial charge in [-0.15, -0.1) is 0 Å². The molecule has 1 atom stereocenters. The summed E-state index contributed by atoms with van der Waals surface area (Å²) in [6.07, 6.45) is 1.54. The Bertz CT molecular complexity index is 1060. The zero-order valence-corrected chi connectivity index (χ0v) is 18.8. The number of carbonyl (C=O) groups excluding carboxylic acids is 3. The highest BCUT2D eigenvalue weighted by Crippen LogP contribution is 2.36. The lowest BCUT2D eigenvalue weighted by atomic mass is 9.85. The number of benzene rings is 1. The van der Waals surface area contributed by atoms with Crippen LogP contribution in [0.3, 0.4) is 0 Å². The van der Waals surface area contributed by atoms with Crippen molar-refractivity contribution >= 4 is 17.8 Å². The molecule has 168 valence electrons. The van der Waals surface area contributed by atoms with Crippen molar-refractivity contribution in [3.63, 3.8) is 0 Å². The lowest BCUT2D eigenvalue weighted by Crippen LogP contribution is -2.45. The van der Waals surface area contributed by atoms with E-state index in [0.717, 1.165) is 5.56 Å². The number of nitrogens with zero attached hydrogens (tertiary/aromatic N) is 2. The van der Waals surface area contributed by atoms with Gasteiger partial charge in [0.2, 0.25) is 5.91 Å². The SMILES string of the molecule is CN1C(=O)N[C@@H](c2ccc(C(C)(C)C)cc2)C2=C1CN(CC(=O)NCc1ccco1)C2=O. The molecule has 0 aliphatic carbocycles. The number of likely N-dealkylation sites (N-methyl/N-ethyl adjacent to an activating group) is 1. The Balaban J connectivity index is 1.52. The fraction of sp³-hybridized carbons (Fsp3) is 0.375. The summed E-state index contributed by atoms with van der Waals surface area (Å²) < 4.78 is 5.21. The summed E-state index contributed by atoms with van der Waals surface area (Å²) in [5.41, 5.74) is 3.14.